The summed E-state index contributed by atoms with van der Waals surface area (Å²) in [4.78, 5) is 10.5. The molecule has 0 saturated carbocycles. The number of thioether (sulfide) groups is 1. The first-order valence-corrected chi connectivity index (χ1v) is 6.00. The molecule has 6 heteroatoms. The van der Waals surface area contributed by atoms with E-state index in [0.717, 1.165) is 35.7 Å². The van der Waals surface area contributed by atoms with E-state index in [1.165, 1.54) is 0 Å². The SMILES string of the molecule is CC(=O)CCSCCCSOOO. The zero-order chi connectivity index (χ0) is 9.94. The van der Waals surface area contributed by atoms with Crippen LogP contribution in [0.15, 0.2) is 0 Å². The van der Waals surface area contributed by atoms with Gasteiger partial charge in [0.2, 0.25) is 0 Å². The lowest BCUT2D eigenvalue weighted by Gasteiger charge is -1.98. The van der Waals surface area contributed by atoms with Gasteiger partial charge in [-0.25, -0.2) is 5.26 Å². The summed E-state index contributed by atoms with van der Waals surface area (Å²) < 4.78 is 4.19. The van der Waals surface area contributed by atoms with Crippen molar-refractivity contribution in [2.45, 2.75) is 19.8 Å². The molecule has 0 saturated heterocycles. The molecule has 0 unspecified atom stereocenters. The van der Waals surface area contributed by atoms with Crippen LogP contribution >= 0.6 is 23.8 Å². The summed E-state index contributed by atoms with van der Waals surface area (Å²) in [6.45, 7) is 1.60. The Bertz CT molecular complexity index is 132. The summed E-state index contributed by atoms with van der Waals surface area (Å²) in [5.41, 5.74) is 0. The molecule has 0 aromatic heterocycles. The van der Waals surface area contributed by atoms with E-state index in [4.69, 9.17) is 5.26 Å². The van der Waals surface area contributed by atoms with Crippen molar-refractivity contribution in [1.29, 1.82) is 0 Å². The van der Waals surface area contributed by atoms with Crippen molar-refractivity contribution in [2.24, 2.45) is 0 Å². The summed E-state index contributed by atoms with van der Waals surface area (Å²) in [5, 5.41) is 11.2. The molecule has 13 heavy (non-hydrogen) atoms. The fourth-order valence-corrected chi connectivity index (χ4v) is 2.13. The molecule has 4 nitrogen and oxygen atoms in total. The summed E-state index contributed by atoms with van der Waals surface area (Å²) in [6, 6.07) is 0. The second-order valence-corrected chi connectivity index (χ2v) is 4.39. The number of Topliss-reactive ketones (excluding diaryl/α,β-unsaturated/α-hetero) is 1. The highest BCUT2D eigenvalue weighted by Gasteiger charge is 1.95. The Morgan fingerprint density at radius 1 is 1.38 bits per heavy atom. The summed E-state index contributed by atoms with van der Waals surface area (Å²) in [5.74, 6) is 2.89. The minimum atomic E-state index is 0.235. The van der Waals surface area contributed by atoms with Crippen molar-refractivity contribution in [3.8, 4) is 0 Å². The Balaban J connectivity index is 2.87. The van der Waals surface area contributed by atoms with Crippen molar-refractivity contribution in [3.63, 3.8) is 0 Å². The van der Waals surface area contributed by atoms with Crippen LogP contribution in [0.4, 0.5) is 0 Å². The van der Waals surface area contributed by atoms with Crippen molar-refractivity contribution in [2.75, 3.05) is 17.3 Å². The van der Waals surface area contributed by atoms with Gasteiger partial charge < -0.3 is 0 Å². The van der Waals surface area contributed by atoms with E-state index < -0.39 is 0 Å². The van der Waals surface area contributed by atoms with E-state index in [9.17, 15) is 4.79 Å². The predicted molar refractivity (Wildman–Crippen MR) is 54.5 cm³/mol. The summed E-state index contributed by atoms with van der Waals surface area (Å²) in [6.07, 6.45) is 1.62. The molecule has 0 rings (SSSR count). The van der Waals surface area contributed by atoms with Crippen LogP contribution in [0.3, 0.4) is 0 Å². The second-order valence-electron chi connectivity index (χ2n) is 2.38. The Morgan fingerprint density at radius 3 is 2.77 bits per heavy atom. The third kappa shape index (κ3) is 12.2. The van der Waals surface area contributed by atoms with Crippen molar-refractivity contribution >= 4 is 29.6 Å². The van der Waals surface area contributed by atoms with Gasteiger partial charge in [0.25, 0.3) is 0 Å². The summed E-state index contributed by atoms with van der Waals surface area (Å²) in [7, 11) is 0. The monoisotopic (exact) mass is 226 g/mol. The first-order chi connectivity index (χ1) is 6.27. The molecule has 0 atom stereocenters. The molecule has 0 fully saturated rings. The van der Waals surface area contributed by atoms with Gasteiger partial charge in [-0.3, -0.25) is 4.79 Å². The van der Waals surface area contributed by atoms with Crippen molar-refractivity contribution in [1.82, 2.24) is 0 Å². The smallest absolute Gasteiger partial charge is 0.130 e. The molecule has 0 amide bonds. The molecule has 0 bridgehead atoms. The molecular formula is C7H14O4S2. The van der Waals surface area contributed by atoms with Gasteiger partial charge >= 0.3 is 0 Å². The highest BCUT2D eigenvalue weighted by atomic mass is 32.2. The topological polar surface area (TPSA) is 55.8 Å². The van der Waals surface area contributed by atoms with Gasteiger partial charge in [-0.2, -0.15) is 11.8 Å². The van der Waals surface area contributed by atoms with Crippen LogP contribution in [0.5, 0.6) is 0 Å². The molecule has 0 aromatic carbocycles. The average molecular weight is 226 g/mol. The predicted octanol–water partition coefficient (Wildman–Crippen LogP) is 2.16. The number of ketones is 1. The number of carbonyl (C=O) groups is 1. The van der Waals surface area contributed by atoms with Gasteiger partial charge in [0.1, 0.15) is 5.78 Å². The molecule has 1 N–H and O–H groups in total. The minimum absolute atomic E-state index is 0.235. The molecule has 0 aliphatic rings. The van der Waals surface area contributed by atoms with Crippen LogP contribution < -0.4 is 0 Å². The minimum Gasteiger partial charge on any atom is -0.300 e. The number of rotatable bonds is 9. The quantitative estimate of drug-likeness (QED) is 0.281. The fraction of sp³-hybridized carbons (Fsp3) is 0.857. The van der Waals surface area contributed by atoms with Crippen LogP contribution in [0, 0.1) is 0 Å². The molecule has 0 aromatic rings. The van der Waals surface area contributed by atoms with Crippen molar-refractivity contribution in [3.05, 3.63) is 0 Å². The normalized spacial score (nSPS) is 10.3. The second kappa shape index (κ2) is 10.3. The Morgan fingerprint density at radius 2 is 2.15 bits per heavy atom. The van der Waals surface area contributed by atoms with E-state index in [0.29, 0.717) is 6.42 Å². The van der Waals surface area contributed by atoms with Gasteiger partial charge in [-0.05, 0) is 19.1 Å². The van der Waals surface area contributed by atoms with Gasteiger partial charge in [0.05, 0.1) is 0 Å². The fourth-order valence-electron chi connectivity index (χ4n) is 0.593. The first kappa shape index (κ1) is 13.2. The molecule has 0 aliphatic carbocycles. The number of carbonyl (C=O) groups excluding carboxylic acids is 1. The molecular weight excluding hydrogens is 212 g/mol. The zero-order valence-corrected chi connectivity index (χ0v) is 9.16. The number of hydrogen-bond acceptors (Lipinski definition) is 6. The summed E-state index contributed by atoms with van der Waals surface area (Å²) >= 11 is 2.81. The highest BCUT2D eigenvalue weighted by Crippen LogP contribution is 2.09. The van der Waals surface area contributed by atoms with E-state index in [2.05, 4.69) is 9.37 Å². The standard InChI is InChI=1S/C7H14O4S2/c1-7(8)3-6-12-4-2-5-13-11-10-9/h9H,2-6H2,1H3. The maximum atomic E-state index is 10.5. The average Bonchev–Trinajstić information content (AvgIpc) is 2.09. The van der Waals surface area contributed by atoms with Crippen LogP contribution in [0.2, 0.25) is 0 Å². The molecule has 0 aliphatic heterocycles. The maximum absolute atomic E-state index is 10.5. The number of hydrogen-bond donors (Lipinski definition) is 1. The van der Waals surface area contributed by atoms with Crippen LogP contribution in [-0.2, 0) is 14.2 Å². The Kier molecular flexibility index (Phi) is 10.5. The first-order valence-electron chi connectivity index (χ1n) is 3.94. The lowest BCUT2D eigenvalue weighted by atomic mass is 10.4. The van der Waals surface area contributed by atoms with Gasteiger partial charge in [-0.15, -0.1) is 4.33 Å². The molecule has 78 valence electrons. The van der Waals surface area contributed by atoms with E-state index >= 15 is 0 Å². The Hall–Kier alpha value is 0.250. The third-order valence-corrected chi connectivity index (χ3v) is 2.88. The van der Waals surface area contributed by atoms with Gasteiger partial charge in [0.15, 0.2) is 0 Å². The van der Waals surface area contributed by atoms with Gasteiger partial charge in [-0.1, -0.05) is 5.04 Å². The van der Waals surface area contributed by atoms with Gasteiger partial charge in [0, 0.05) is 30.0 Å². The lowest BCUT2D eigenvalue weighted by Crippen LogP contribution is -1.93. The largest absolute Gasteiger partial charge is 0.300 e. The van der Waals surface area contributed by atoms with E-state index in [1.54, 1.807) is 18.7 Å². The van der Waals surface area contributed by atoms with Crippen molar-refractivity contribution < 1.29 is 19.4 Å². The highest BCUT2D eigenvalue weighted by molar-refractivity contribution is 7.99. The Labute approximate surface area is 86.4 Å². The molecule has 0 heterocycles. The maximum Gasteiger partial charge on any atom is 0.130 e. The van der Waals surface area contributed by atoms with Crippen LogP contribution in [0.1, 0.15) is 19.8 Å². The third-order valence-electron chi connectivity index (χ3n) is 1.19. The van der Waals surface area contributed by atoms with E-state index in [-0.39, 0.29) is 5.78 Å². The van der Waals surface area contributed by atoms with E-state index in [1.807, 2.05) is 0 Å². The molecule has 0 radical (unpaired) electrons. The lowest BCUT2D eigenvalue weighted by molar-refractivity contribution is -0.432. The van der Waals surface area contributed by atoms with Crippen LogP contribution in [-0.4, -0.2) is 28.3 Å². The van der Waals surface area contributed by atoms with Crippen LogP contribution in [0.25, 0.3) is 0 Å². The zero-order valence-electron chi connectivity index (χ0n) is 7.52. The molecule has 0 spiro atoms.